The minimum atomic E-state index is -0.828. The summed E-state index contributed by atoms with van der Waals surface area (Å²) in [6.45, 7) is -0.579. The van der Waals surface area contributed by atoms with Gasteiger partial charge in [-0.05, 0) is 12.1 Å². The fraction of sp³-hybridized carbons (Fsp3) is 0.385. The van der Waals surface area contributed by atoms with E-state index in [1.807, 2.05) is 6.07 Å². The third kappa shape index (κ3) is 2.75. The highest BCUT2D eigenvalue weighted by atomic mass is 16.8. The Kier molecular flexibility index (Phi) is 4.26. The van der Waals surface area contributed by atoms with Crippen LogP contribution in [0, 0.1) is 23.3 Å². The number of nitriles is 1. The van der Waals surface area contributed by atoms with Gasteiger partial charge in [-0.2, -0.15) is 5.26 Å². The Balaban J connectivity index is 2.10. The first-order valence-electron chi connectivity index (χ1n) is 5.88. The van der Waals surface area contributed by atoms with Gasteiger partial charge in [0.05, 0.1) is 25.3 Å². The number of hydrogen-bond acceptors (Lipinski definition) is 6. The molecule has 1 aliphatic rings. The predicted octanol–water partition coefficient (Wildman–Crippen LogP) is -0.0525. The van der Waals surface area contributed by atoms with Gasteiger partial charge in [0.25, 0.3) is 0 Å². The minimum Gasteiger partial charge on any atom is -0.426 e. The van der Waals surface area contributed by atoms with Crippen LogP contribution in [0.2, 0.25) is 0 Å². The Labute approximate surface area is 114 Å². The normalized spacial score (nSPS) is 20.6. The van der Waals surface area contributed by atoms with E-state index in [0.717, 1.165) is 0 Å². The van der Waals surface area contributed by atoms with Gasteiger partial charge in [-0.25, -0.2) is 4.79 Å². The van der Waals surface area contributed by atoms with Crippen molar-refractivity contribution in [3.05, 3.63) is 23.5 Å². The zero-order chi connectivity index (χ0) is 14.5. The number of rotatable bonds is 3. The van der Waals surface area contributed by atoms with Crippen molar-refractivity contribution in [3.63, 3.8) is 0 Å². The number of cyclic esters (lactones) is 2. The van der Waals surface area contributed by atoms with Crippen LogP contribution in [0.5, 0.6) is 0 Å². The molecule has 104 valence electrons. The molecule has 1 aromatic heterocycles. The summed E-state index contributed by atoms with van der Waals surface area (Å²) >= 11 is 0. The number of carbonyl (C=O) groups excluding carboxylic acids is 1. The topological polar surface area (TPSA) is 105 Å². The SMILES string of the molecule is N#Cc1ccc(CO)n1C#CC[C@@H]1OC(=O)O[C@@H]1CO. The molecule has 0 amide bonds. The van der Waals surface area contributed by atoms with Gasteiger partial charge in [0.15, 0.2) is 12.2 Å². The van der Waals surface area contributed by atoms with Crippen LogP contribution in [0.25, 0.3) is 0 Å². The Morgan fingerprint density at radius 1 is 1.30 bits per heavy atom. The largest absolute Gasteiger partial charge is 0.509 e. The van der Waals surface area contributed by atoms with Crippen LogP contribution in [-0.2, 0) is 16.1 Å². The molecule has 1 fully saturated rings. The van der Waals surface area contributed by atoms with Crippen molar-refractivity contribution in [1.82, 2.24) is 4.57 Å². The monoisotopic (exact) mass is 276 g/mol. The number of nitrogens with zero attached hydrogens (tertiary/aromatic N) is 2. The van der Waals surface area contributed by atoms with Crippen LogP contribution in [0.15, 0.2) is 12.1 Å². The number of aliphatic hydroxyl groups is 2. The third-order valence-electron chi connectivity index (χ3n) is 2.82. The number of aliphatic hydroxyl groups excluding tert-OH is 2. The Morgan fingerprint density at radius 2 is 2.05 bits per heavy atom. The van der Waals surface area contributed by atoms with Gasteiger partial charge >= 0.3 is 6.16 Å². The predicted molar refractivity (Wildman–Crippen MR) is 65.1 cm³/mol. The molecule has 0 unspecified atom stereocenters. The molecule has 7 heteroatoms. The van der Waals surface area contributed by atoms with E-state index < -0.39 is 18.4 Å². The lowest BCUT2D eigenvalue weighted by Gasteiger charge is -2.08. The van der Waals surface area contributed by atoms with E-state index in [0.29, 0.717) is 11.4 Å². The Bertz CT molecular complexity index is 605. The van der Waals surface area contributed by atoms with Crippen molar-refractivity contribution >= 4 is 6.16 Å². The third-order valence-corrected chi connectivity index (χ3v) is 2.82. The van der Waals surface area contributed by atoms with Gasteiger partial charge in [-0.1, -0.05) is 5.92 Å². The molecule has 20 heavy (non-hydrogen) atoms. The zero-order valence-electron chi connectivity index (χ0n) is 10.4. The van der Waals surface area contributed by atoms with Crippen molar-refractivity contribution in [2.45, 2.75) is 25.2 Å². The van der Waals surface area contributed by atoms with Gasteiger partial charge in [0, 0.05) is 6.04 Å². The minimum absolute atomic E-state index is 0.158. The highest BCUT2D eigenvalue weighted by Gasteiger charge is 2.35. The molecule has 2 rings (SSSR count). The molecule has 2 atom stereocenters. The molecule has 0 aromatic carbocycles. The van der Waals surface area contributed by atoms with E-state index in [1.54, 1.807) is 12.1 Å². The lowest BCUT2D eigenvalue weighted by molar-refractivity contribution is 0.0827. The summed E-state index contributed by atoms with van der Waals surface area (Å²) in [7, 11) is 0. The quantitative estimate of drug-likeness (QED) is 0.592. The maximum atomic E-state index is 10.9. The Hall–Kier alpha value is -2.48. The molecule has 0 radical (unpaired) electrons. The average Bonchev–Trinajstić information content (AvgIpc) is 3.01. The average molecular weight is 276 g/mol. The summed E-state index contributed by atoms with van der Waals surface area (Å²) in [4.78, 5) is 10.9. The summed E-state index contributed by atoms with van der Waals surface area (Å²) in [5, 5.41) is 27.1. The smallest absolute Gasteiger partial charge is 0.426 e. The van der Waals surface area contributed by atoms with E-state index in [4.69, 9.17) is 24.9 Å². The molecule has 2 N–H and O–H groups in total. The number of aromatic nitrogens is 1. The number of hydrogen-bond donors (Lipinski definition) is 2. The molecular weight excluding hydrogens is 264 g/mol. The number of carbonyl (C=O) groups is 1. The van der Waals surface area contributed by atoms with E-state index in [1.165, 1.54) is 4.57 Å². The van der Waals surface area contributed by atoms with E-state index in [2.05, 4.69) is 12.0 Å². The van der Waals surface area contributed by atoms with E-state index in [-0.39, 0.29) is 19.6 Å². The molecule has 0 aliphatic carbocycles. The first-order valence-corrected chi connectivity index (χ1v) is 5.88. The highest BCUT2D eigenvalue weighted by molar-refractivity contribution is 5.62. The second-order valence-corrected chi connectivity index (χ2v) is 4.05. The lowest BCUT2D eigenvalue weighted by atomic mass is 10.1. The standard InChI is InChI=1S/C13H12N2O5/c14-6-9-3-4-10(7-16)15(9)5-1-2-11-12(8-17)20-13(18)19-11/h3-4,11-12,16-17H,2,7-8H2/t11-,12+/m0/s1. The van der Waals surface area contributed by atoms with Crippen LogP contribution in [0.1, 0.15) is 17.8 Å². The van der Waals surface area contributed by atoms with Crippen LogP contribution in [0.3, 0.4) is 0 Å². The van der Waals surface area contributed by atoms with Crippen LogP contribution < -0.4 is 0 Å². The number of ether oxygens (including phenoxy) is 2. The summed E-state index contributed by atoms with van der Waals surface area (Å²) < 4.78 is 10.9. The van der Waals surface area contributed by atoms with Crippen LogP contribution in [-0.4, -0.2) is 39.8 Å². The second kappa shape index (κ2) is 6.11. The fourth-order valence-corrected chi connectivity index (χ4v) is 1.80. The van der Waals surface area contributed by atoms with E-state index in [9.17, 15) is 4.79 Å². The van der Waals surface area contributed by atoms with Gasteiger partial charge < -0.3 is 19.7 Å². The zero-order valence-corrected chi connectivity index (χ0v) is 10.4. The summed E-state index contributed by atoms with van der Waals surface area (Å²) in [6, 6.07) is 7.81. The van der Waals surface area contributed by atoms with Gasteiger partial charge in [-0.3, -0.25) is 4.57 Å². The van der Waals surface area contributed by atoms with Gasteiger partial charge in [-0.15, -0.1) is 0 Å². The molecule has 1 aromatic rings. The fourth-order valence-electron chi connectivity index (χ4n) is 1.80. The molecule has 0 bridgehead atoms. The maximum Gasteiger partial charge on any atom is 0.509 e. The molecule has 0 spiro atoms. The molecule has 7 nitrogen and oxygen atoms in total. The van der Waals surface area contributed by atoms with E-state index >= 15 is 0 Å². The maximum absolute atomic E-state index is 10.9. The Morgan fingerprint density at radius 3 is 2.70 bits per heavy atom. The molecule has 2 heterocycles. The van der Waals surface area contributed by atoms with Crippen LogP contribution >= 0.6 is 0 Å². The van der Waals surface area contributed by atoms with Gasteiger partial charge in [0.1, 0.15) is 11.8 Å². The molecule has 1 saturated heterocycles. The first kappa shape index (κ1) is 13.9. The highest BCUT2D eigenvalue weighted by Crippen LogP contribution is 2.17. The van der Waals surface area contributed by atoms with Gasteiger partial charge in [0.2, 0.25) is 0 Å². The summed E-state index contributed by atoms with van der Waals surface area (Å²) in [5.41, 5.74) is 0.798. The van der Waals surface area contributed by atoms with Crippen molar-refractivity contribution in [3.8, 4) is 18.0 Å². The van der Waals surface area contributed by atoms with Crippen molar-refractivity contribution in [2.75, 3.05) is 6.61 Å². The summed E-state index contributed by atoms with van der Waals surface area (Å²) in [6.07, 6.45) is -2.04. The van der Waals surface area contributed by atoms with Crippen LogP contribution in [0.4, 0.5) is 4.79 Å². The van der Waals surface area contributed by atoms with Crippen molar-refractivity contribution in [1.29, 1.82) is 5.26 Å². The second-order valence-electron chi connectivity index (χ2n) is 4.05. The molecule has 0 saturated carbocycles. The molecule has 1 aliphatic heterocycles. The first-order chi connectivity index (χ1) is 9.69. The lowest BCUT2D eigenvalue weighted by Crippen LogP contribution is -2.25. The molecular formula is C13H12N2O5. The van der Waals surface area contributed by atoms with Crippen molar-refractivity contribution in [2.24, 2.45) is 0 Å². The van der Waals surface area contributed by atoms with Crippen molar-refractivity contribution < 1.29 is 24.5 Å². The summed E-state index contributed by atoms with van der Waals surface area (Å²) in [5.74, 6) is 2.75.